The average Bonchev–Trinajstić information content (AvgIpc) is 2.48. The van der Waals surface area contributed by atoms with Crippen LogP contribution < -0.4 is 10.1 Å². The second-order valence-corrected chi connectivity index (χ2v) is 5.03. The molecular formula is C15H21N3O3. The number of nitrogens with one attached hydrogen (secondary N) is 1. The Morgan fingerprint density at radius 2 is 1.86 bits per heavy atom. The molecule has 1 heterocycles. The summed E-state index contributed by atoms with van der Waals surface area (Å²) in [6.07, 6.45) is 0. The van der Waals surface area contributed by atoms with Gasteiger partial charge in [0.1, 0.15) is 5.75 Å². The molecular weight excluding hydrogens is 270 g/mol. The summed E-state index contributed by atoms with van der Waals surface area (Å²) in [6.45, 7) is 4.69. The summed E-state index contributed by atoms with van der Waals surface area (Å²) in [6, 6.07) is 7.32. The lowest BCUT2D eigenvalue weighted by Gasteiger charge is -2.33. The molecule has 0 unspecified atom stereocenters. The summed E-state index contributed by atoms with van der Waals surface area (Å²) in [5.74, 6) is 0.663. The first kappa shape index (κ1) is 15.3. The highest BCUT2D eigenvalue weighted by atomic mass is 16.5. The molecule has 1 aromatic carbocycles. The molecule has 1 aliphatic rings. The number of hydrogen-bond donors (Lipinski definition) is 1. The summed E-state index contributed by atoms with van der Waals surface area (Å²) < 4.78 is 5.20. The second-order valence-electron chi connectivity index (χ2n) is 5.03. The van der Waals surface area contributed by atoms with Gasteiger partial charge in [0.05, 0.1) is 19.3 Å². The molecule has 0 atom stereocenters. The zero-order valence-corrected chi connectivity index (χ0v) is 12.5. The Morgan fingerprint density at radius 1 is 1.19 bits per heavy atom. The van der Waals surface area contributed by atoms with Crippen molar-refractivity contribution >= 4 is 17.5 Å². The van der Waals surface area contributed by atoms with E-state index in [4.69, 9.17) is 4.74 Å². The van der Waals surface area contributed by atoms with Gasteiger partial charge in [0.15, 0.2) is 0 Å². The summed E-state index contributed by atoms with van der Waals surface area (Å²) >= 11 is 0. The molecule has 21 heavy (non-hydrogen) atoms. The molecule has 1 aliphatic heterocycles. The van der Waals surface area contributed by atoms with Crippen LogP contribution in [0.3, 0.4) is 0 Å². The van der Waals surface area contributed by atoms with Crippen molar-refractivity contribution in [3.63, 3.8) is 0 Å². The summed E-state index contributed by atoms with van der Waals surface area (Å²) in [5, 5.41) is 2.86. The van der Waals surface area contributed by atoms with E-state index in [-0.39, 0.29) is 11.8 Å². The van der Waals surface area contributed by atoms with Gasteiger partial charge in [-0.05, 0) is 12.1 Å². The number of amides is 2. The number of rotatable bonds is 4. The molecule has 0 radical (unpaired) electrons. The molecule has 114 valence electrons. The fourth-order valence-electron chi connectivity index (χ4n) is 2.36. The van der Waals surface area contributed by atoms with E-state index in [9.17, 15) is 9.59 Å². The number of nitrogens with zero attached hydrogens (tertiary/aromatic N) is 2. The Bertz CT molecular complexity index is 511. The van der Waals surface area contributed by atoms with Crippen molar-refractivity contribution < 1.29 is 14.3 Å². The standard InChI is InChI=1S/C15H21N3O3/c1-12(19)18-9-7-17(8-10-18)11-15(20)16-13-5-3-4-6-14(13)21-2/h3-6H,7-11H2,1-2H3,(H,16,20). The number of piperazine rings is 1. The highest BCUT2D eigenvalue weighted by Gasteiger charge is 2.20. The van der Waals surface area contributed by atoms with Crippen LogP contribution in [0.25, 0.3) is 0 Å². The third-order valence-electron chi connectivity index (χ3n) is 3.57. The molecule has 0 saturated carbocycles. The number of benzene rings is 1. The topological polar surface area (TPSA) is 61.9 Å². The summed E-state index contributed by atoms with van der Waals surface area (Å²) in [5.41, 5.74) is 0.673. The first-order valence-electron chi connectivity index (χ1n) is 7.01. The minimum atomic E-state index is -0.0734. The lowest BCUT2D eigenvalue weighted by molar-refractivity contribution is -0.130. The first-order chi connectivity index (χ1) is 10.1. The molecule has 1 N–H and O–H groups in total. The Balaban J connectivity index is 1.84. The lowest BCUT2D eigenvalue weighted by Crippen LogP contribution is -2.49. The Morgan fingerprint density at radius 3 is 2.48 bits per heavy atom. The number of para-hydroxylation sites is 2. The fourth-order valence-corrected chi connectivity index (χ4v) is 2.36. The van der Waals surface area contributed by atoms with Gasteiger partial charge in [0, 0.05) is 33.1 Å². The van der Waals surface area contributed by atoms with Gasteiger partial charge >= 0.3 is 0 Å². The van der Waals surface area contributed by atoms with Gasteiger partial charge in [0.25, 0.3) is 0 Å². The van der Waals surface area contributed by atoms with E-state index >= 15 is 0 Å². The van der Waals surface area contributed by atoms with E-state index in [1.54, 1.807) is 25.0 Å². The zero-order valence-electron chi connectivity index (χ0n) is 12.5. The second kappa shape index (κ2) is 7.08. The fraction of sp³-hybridized carbons (Fsp3) is 0.467. The number of ether oxygens (including phenoxy) is 1. The Hall–Kier alpha value is -2.08. The van der Waals surface area contributed by atoms with Gasteiger partial charge in [-0.15, -0.1) is 0 Å². The number of anilines is 1. The van der Waals surface area contributed by atoms with E-state index in [1.807, 2.05) is 23.1 Å². The Labute approximate surface area is 124 Å². The monoisotopic (exact) mass is 291 g/mol. The van der Waals surface area contributed by atoms with E-state index < -0.39 is 0 Å². The Kier molecular flexibility index (Phi) is 5.16. The maximum Gasteiger partial charge on any atom is 0.238 e. The van der Waals surface area contributed by atoms with Gasteiger partial charge in [-0.2, -0.15) is 0 Å². The summed E-state index contributed by atoms with van der Waals surface area (Å²) in [7, 11) is 1.58. The molecule has 1 fully saturated rings. The van der Waals surface area contributed by atoms with E-state index in [1.165, 1.54) is 0 Å². The van der Waals surface area contributed by atoms with E-state index in [2.05, 4.69) is 5.32 Å². The number of carbonyl (C=O) groups excluding carboxylic acids is 2. The lowest BCUT2D eigenvalue weighted by atomic mass is 10.2. The molecule has 6 nitrogen and oxygen atoms in total. The molecule has 1 aromatic rings. The first-order valence-corrected chi connectivity index (χ1v) is 7.01. The van der Waals surface area contributed by atoms with E-state index in [0.717, 1.165) is 13.1 Å². The van der Waals surface area contributed by atoms with Crippen LogP contribution in [-0.2, 0) is 9.59 Å². The SMILES string of the molecule is COc1ccccc1NC(=O)CN1CCN(C(C)=O)CC1. The third-order valence-corrected chi connectivity index (χ3v) is 3.57. The number of methoxy groups -OCH3 is 1. The molecule has 0 aliphatic carbocycles. The zero-order chi connectivity index (χ0) is 15.2. The van der Waals surface area contributed by atoms with E-state index in [0.29, 0.717) is 31.1 Å². The van der Waals surface area contributed by atoms with Crippen molar-refractivity contribution in [2.24, 2.45) is 0 Å². The van der Waals surface area contributed by atoms with Crippen LogP contribution in [-0.4, -0.2) is 61.4 Å². The number of hydrogen-bond acceptors (Lipinski definition) is 4. The third kappa shape index (κ3) is 4.19. The van der Waals surface area contributed by atoms with Crippen LogP contribution in [0.15, 0.2) is 24.3 Å². The van der Waals surface area contributed by atoms with Crippen LogP contribution in [0.5, 0.6) is 5.75 Å². The molecule has 1 saturated heterocycles. The van der Waals surface area contributed by atoms with Gasteiger partial charge in [-0.3, -0.25) is 14.5 Å². The van der Waals surface area contributed by atoms with Crippen molar-refractivity contribution in [3.8, 4) is 5.75 Å². The van der Waals surface area contributed by atoms with Crippen LogP contribution in [0.1, 0.15) is 6.92 Å². The van der Waals surface area contributed by atoms with Crippen LogP contribution >= 0.6 is 0 Å². The van der Waals surface area contributed by atoms with Crippen LogP contribution in [0.4, 0.5) is 5.69 Å². The molecule has 0 bridgehead atoms. The minimum Gasteiger partial charge on any atom is -0.495 e. The van der Waals surface area contributed by atoms with Crippen molar-refractivity contribution in [1.82, 2.24) is 9.80 Å². The van der Waals surface area contributed by atoms with Gasteiger partial charge in [-0.1, -0.05) is 12.1 Å². The molecule has 6 heteroatoms. The van der Waals surface area contributed by atoms with Gasteiger partial charge in [0.2, 0.25) is 11.8 Å². The maximum atomic E-state index is 12.1. The smallest absolute Gasteiger partial charge is 0.238 e. The average molecular weight is 291 g/mol. The van der Waals surface area contributed by atoms with Crippen molar-refractivity contribution in [2.75, 3.05) is 45.2 Å². The number of carbonyl (C=O) groups is 2. The molecule has 2 rings (SSSR count). The highest BCUT2D eigenvalue weighted by Crippen LogP contribution is 2.22. The summed E-state index contributed by atoms with van der Waals surface area (Å²) in [4.78, 5) is 27.2. The molecule has 2 amide bonds. The van der Waals surface area contributed by atoms with Crippen molar-refractivity contribution in [2.45, 2.75) is 6.92 Å². The quantitative estimate of drug-likeness (QED) is 0.891. The van der Waals surface area contributed by atoms with Gasteiger partial charge < -0.3 is 15.0 Å². The predicted octanol–water partition coefficient (Wildman–Crippen LogP) is 0.798. The molecule has 0 aromatic heterocycles. The van der Waals surface area contributed by atoms with Gasteiger partial charge in [-0.25, -0.2) is 0 Å². The minimum absolute atomic E-state index is 0.0734. The van der Waals surface area contributed by atoms with Crippen molar-refractivity contribution in [1.29, 1.82) is 0 Å². The molecule has 0 spiro atoms. The van der Waals surface area contributed by atoms with Crippen LogP contribution in [0.2, 0.25) is 0 Å². The highest BCUT2D eigenvalue weighted by molar-refractivity contribution is 5.93. The predicted molar refractivity (Wildman–Crippen MR) is 80.3 cm³/mol. The largest absolute Gasteiger partial charge is 0.495 e. The maximum absolute atomic E-state index is 12.1. The van der Waals surface area contributed by atoms with Crippen molar-refractivity contribution in [3.05, 3.63) is 24.3 Å². The normalized spacial score (nSPS) is 15.6. The van der Waals surface area contributed by atoms with Crippen LogP contribution in [0, 0.1) is 0 Å².